The van der Waals surface area contributed by atoms with Crippen LogP contribution >= 0.6 is 0 Å². The zero-order valence-corrected chi connectivity index (χ0v) is 13.6. The number of hydrogen-bond acceptors (Lipinski definition) is 5. The van der Waals surface area contributed by atoms with Gasteiger partial charge in [0.25, 0.3) is 0 Å². The molecule has 1 aromatic carbocycles. The van der Waals surface area contributed by atoms with E-state index < -0.39 is 9.84 Å². The summed E-state index contributed by atoms with van der Waals surface area (Å²) >= 11 is 0. The molecule has 0 spiro atoms. The molecule has 1 aliphatic rings. The summed E-state index contributed by atoms with van der Waals surface area (Å²) in [6.45, 7) is 3.13. The molecule has 122 valence electrons. The molecule has 0 unspecified atom stereocenters. The minimum Gasteiger partial charge on any atom is -0.490 e. The maximum Gasteiger partial charge on any atom is 0.227 e. The summed E-state index contributed by atoms with van der Waals surface area (Å²) < 4.78 is 30.1. The molecule has 0 radical (unpaired) electrons. The molecule has 1 heterocycles. The molecular formula is C15H22N2O4S. The molecule has 0 aliphatic carbocycles. The van der Waals surface area contributed by atoms with Crippen molar-refractivity contribution in [2.45, 2.75) is 31.1 Å². The number of nitrogens with two attached hydrogens (primary N) is 1. The fourth-order valence-electron chi connectivity index (χ4n) is 2.39. The quantitative estimate of drug-likeness (QED) is 0.852. The molecule has 2 N–H and O–H groups in total. The van der Waals surface area contributed by atoms with Crippen LogP contribution in [0.25, 0.3) is 0 Å². The molecule has 6 nitrogen and oxygen atoms in total. The van der Waals surface area contributed by atoms with Crippen LogP contribution in [0.5, 0.6) is 5.75 Å². The number of carbonyl (C=O) groups excluding carboxylic acids is 1. The number of anilines is 1. The minimum atomic E-state index is -3.39. The molecule has 0 bridgehead atoms. The van der Waals surface area contributed by atoms with E-state index in [1.807, 2.05) is 6.92 Å². The Hall–Kier alpha value is -1.60. The van der Waals surface area contributed by atoms with Gasteiger partial charge in [0.05, 0.1) is 22.9 Å². The SMILES string of the molecule is CCCC(=O)N1CCOc2ccc(S(=O)(=O)CCCN)cc21. The van der Waals surface area contributed by atoms with Crippen LogP contribution in [0.15, 0.2) is 23.1 Å². The molecule has 0 aromatic heterocycles. The highest BCUT2D eigenvalue weighted by atomic mass is 32.2. The van der Waals surface area contributed by atoms with Crippen LogP contribution in [-0.2, 0) is 14.6 Å². The number of rotatable bonds is 6. The first kappa shape index (κ1) is 16.8. The second kappa shape index (κ2) is 7.11. The highest BCUT2D eigenvalue weighted by Crippen LogP contribution is 2.34. The molecule has 7 heteroatoms. The van der Waals surface area contributed by atoms with Gasteiger partial charge in [0.1, 0.15) is 12.4 Å². The maximum absolute atomic E-state index is 12.3. The van der Waals surface area contributed by atoms with Crippen molar-refractivity contribution in [1.82, 2.24) is 0 Å². The number of benzene rings is 1. The second-order valence-electron chi connectivity index (χ2n) is 5.23. The molecule has 0 fully saturated rings. The second-order valence-corrected chi connectivity index (χ2v) is 7.34. The molecule has 1 aromatic rings. The van der Waals surface area contributed by atoms with E-state index in [1.54, 1.807) is 11.0 Å². The van der Waals surface area contributed by atoms with Crippen molar-refractivity contribution < 1.29 is 17.9 Å². The highest BCUT2D eigenvalue weighted by molar-refractivity contribution is 7.91. The molecule has 0 saturated heterocycles. The van der Waals surface area contributed by atoms with Crippen molar-refractivity contribution in [3.05, 3.63) is 18.2 Å². The first-order valence-corrected chi connectivity index (χ1v) is 9.15. The van der Waals surface area contributed by atoms with E-state index in [-0.39, 0.29) is 16.6 Å². The number of nitrogens with zero attached hydrogens (tertiary/aromatic N) is 1. The molecule has 1 aliphatic heterocycles. The normalized spacial score (nSPS) is 14.4. The predicted molar refractivity (Wildman–Crippen MR) is 84.9 cm³/mol. The Labute approximate surface area is 131 Å². The van der Waals surface area contributed by atoms with Crippen molar-refractivity contribution >= 4 is 21.4 Å². The Morgan fingerprint density at radius 1 is 1.41 bits per heavy atom. The van der Waals surface area contributed by atoms with Gasteiger partial charge < -0.3 is 15.4 Å². The standard InChI is InChI=1S/C15H22N2O4S/c1-2-4-15(18)17-8-9-21-14-6-5-12(11-13(14)17)22(19,20)10-3-7-16/h5-6,11H,2-4,7-10,16H2,1H3. The zero-order chi connectivity index (χ0) is 16.2. The van der Waals surface area contributed by atoms with Crippen molar-refractivity contribution in [2.24, 2.45) is 5.73 Å². The lowest BCUT2D eigenvalue weighted by atomic mass is 10.2. The zero-order valence-electron chi connectivity index (χ0n) is 12.7. The van der Waals surface area contributed by atoms with E-state index in [0.717, 1.165) is 6.42 Å². The van der Waals surface area contributed by atoms with Crippen molar-refractivity contribution in [2.75, 3.05) is 30.3 Å². The van der Waals surface area contributed by atoms with Gasteiger partial charge in [0, 0.05) is 6.42 Å². The summed E-state index contributed by atoms with van der Waals surface area (Å²) in [4.78, 5) is 14.0. The maximum atomic E-state index is 12.3. The number of amides is 1. The lowest BCUT2D eigenvalue weighted by Gasteiger charge is -2.30. The van der Waals surface area contributed by atoms with E-state index in [9.17, 15) is 13.2 Å². The van der Waals surface area contributed by atoms with Crippen molar-refractivity contribution in [3.63, 3.8) is 0 Å². The lowest BCUT2D eigenvalue weighted by Crippen LogP contribution is -2.37. The van der Waals surface area contributed by atoms with E-state index in [1.165, 1.54) is 12.1 Å². The van der Waals surface area contributed by atoms with Crippen LogP contribution in [0.2, 0.25) is 0 Å². The molecule has 22 heavy (non-hydrogen) atoms. The smallest absolute Gasteiger partial charge is 0.227 e. The first-order valence-electron chi connectivity index (χ1n) is 7.49. The summed E-state index contributed by atoms with van der Waals surface area (Å²) in [5, 5.41) is 0. The van der Waals surface area contributed by atoms with Gasteiger partial charge in [-0.2, -0.15) is 0 Å². The van der Waals surface area contributed by atoms with Crippen LogP contribution in [0.3, 0.4) is 0 Å². The lowest BCUT2D eigenvalue weighted by molar-refractivity contribution is -0.118. The van der Waals surface area contributed by atoms with Gasteiger partial charge in [-0.25, -0.2) is 8.42 Å². The third-order valence-electron chi connectivity index (χ3n) is 3.53. The minimum absolute atomic E-state index is 0.00600. The molecule has 0 atom stereocenters. The Balaban J connectivity index is 2.35. The number of fused-ring (bicyclic) bond motifs is 1. The van der Waals surface area contributed by atoms with Gasteiger partial charge in [0.2, 0.25) is 5.91 Å². The van der Waals surface area contributed by atoms with Gasteiger partial charge in [-0.15, -0.1) is 0 Å². The number of hydrogen-bond donors (Lipinski definition) is 1. The van der Waals surface area contributed by atoms with Gasteiger partial charge in [-0.3, -0.25) is 4.79 Å². The summed E-state index contributed by atoms with van der Waals surface area (Å²) in [7, 11) is -3.39. The first-order chi connectivity index (χ1) is 10.5. The number of sulfone groups is 1. The van der Waals surface area contributed by atoms with Gasteiger partial charge in [-0.1, -0.05) is 6.92 Å². The average molecular weight is 326 g/mol. The Morgan fingerprint density at radius 2 is 2.18 bits per heavy atom. The highest BCUT2D eigenvalue weighted by Gasteiger charge is 2.25. The molecule has 1 amide bonds. The van der Waals surface area contributed by atoms with E-state index in [2.05, 4.69) is 0 Å². The summed E-state index contributed by atoms with van der Waals surface area (Å²) in [5.41, 5.74) is 5.92. The van der Waals surface area contributed by atoms with Gasteiger partial charge in [-0.05, 0) is 37.6 Å². The van der Waals surface area contributed by atoms with E-state index >= 15 is 0 Å². The van der Waals surface area contributed by atoms with Gasteiger partial charge >= 0.3 is 0 Å². The third-order valence-corrected chi connectivity index (χ3v) is 5.33. The van der Waals surface area contributed by atoms with E-state index in [4.69, 9.17) is 10.5 Å². The largest absolute Gasteiger partial charge is 0.490 e. The average Bonchev–Trinajstić information content (AvgIpc) is 2.52. The predicted octanol–water partition coefficient (Wildman–Crippen LogP) is 1.33. The van der Waals surface area contributed by atoms with Crippen LogP contribution in [0, 0.1) is 0 Å². The monoisotopic (exact) mass is 326 g/mol. The number of carbonyl (C=O) groups is 1. The Bertz CT molecular complexity index is 643. The molecule has 2 rings (SSSR count). The van der Waals surface area contributed by atoms with Crippen LogP contribution < -0.4 is 15.4 Å². The fourth-order valence-corrected chi connectivity index (χ4v) is 3.74. The number of ether oxygens (including phenoxy) is 1. The van der Waals surface area contributed by atoms with Crippen molar-refractivity contribution in [1.29, 1.82) is 0 Å². The Kier molecular flexibility index (Phi) is 5.42. The van der Waals surface area contributed by atoms with Crippen LogP contribution in [0.4, 0.5) is 5.69 Å². The van der Waals surface area contributed by atoms with Crippen LogP contribution in [-0.4, -0.2) is 39.8 Å². The van der Waals surface area contributed by atoms with E-state index in [0.29, 0.717) is 44.0 Å². The summed E-state index contributed by atoms with van der Waals surface area (Å²) in [6.07, 6.45) is 1.60. The summed E-state index contributed by atoms with van der Waals surface area (Å²) in [5.74, 6) is 0.545. The van der Waals surface area contributed by atoms with Crippen molar-refractivity contribution in [3.8, 4) is 5.75 Å². The third kappa shape index (κ3) is 3.59. The summed E-state index contributed by atoms with van der Waals surface area (Å²) in [6, 6.07) is 4.68. The topological polar surface area (TPSA) is 89.7 Å². The molecule has 0 saturated carbocycles. The van der Waals surface area contributed by atoms with Gasteiger partial charge in [0.15, 0.2) is 9.84 Å². The van der Waals surface area contributed by atoms with Crippen LogP contribution in [0.1, 0.15) is 26.2 Å². The Morgan fingerprint density at radius 3 is 2.86 bits per heavy atom. The fraction of sp³-hybridized carbons (Fsp3) is 0.533. The molecular weight excluding hydrogens is 304 g/mol.